The Bertz CT molecular complexity index is 1300. The van der Waals surface area contributed by atoms with E-state index < -0.39 is 29.4 Å². The number of pyridine rings is 1. The number of ether oxygens (including phenoxy) is 1. The number of rotatable bonds is 7. The maximum absolute atomic E-state index is 14.8. The number of alkyl halides is 2. The minimum atomic E-state index is -2.89. The Morgan fingerprint density at radius 2 is 1.97 bits per heavy atom. The van der Waals surface area contributed by atoms with Gasteiger partial charge in [0.15, 0.2) is 0 Å². The Hall–Kier alpha value is -3.33. The molecule has 2 aromatic carbocycles. The lowest BCUT2D eigenvalue weighted by Gasteiger charge is -2.31. The van der Waals surface area contributed by atoms with E-state index in [1.807, 2.05) is 18.2 Å². The number of benzene rings is 2. The van der Waals surface area contributed by atoms with Gasteiger partial charge in [0.25, 0.3) is 6.43 Å². The average Bonchev–Trinajstić information content (AvgIpc) is 3.32. The molecule has 196 valence electrons. The lowest BCUT2D eigenvalue weighted by Crippen LogP contribution is -2.47. The van der Waals surface area contributed by atoms with Crippen molar-refractivity contribution in [1.82, 2.24) is 15.2 Å². The van der Waals surface area contributed by atoms with Gasteiger partial charge in [-0.3, -0.25) is 4.98 Å². The molecule has 2 N–H and O–H groups in total. The number of nitrogens with one attached hydrogen (secondary N) is 2. The number of anilines is 1. The number of urea groups is 1. The Balaban J connectivity index is 1.41. The summed E-state index contributed by atoms with van der Waals surface area (Å²) in [5.74, 6) is -0.902. The molecule has 0 radical (unpaired) electrons. The third kappa shape index (κ3) is 4.84. The lowest BCUT2D eigenvalue weighted by atomic mass is 9.91. The summed E-state index contributed by atoms with van der Waals surface area (Å²) < 4.78 is 47.2. The van der Waals surface area contributed by atoms with Gasteiger partial charge in [-0.25, -0.2) is 18.0 Å². The van der Waals surface area contributed by atoms with Crippen LogP contribution in [-0.4, -0.2) is 42.2 Å². The summed E-state index contributed by atoms with van der Waals surface area (Å²) in [6, 6.07) is 11.3. The summed E-state index contributed by atoms with van der Waals surface area (Å²) in [6.45, 7) is 2.74. The van der Waals surface area contributed by atoms with Gasteiger partial charge in [0.1, 0.15) is 11.4 Å². The van der Waals surface area contributed by atoms with Crippen molar-refractivity contribution in [2.45, 2.75) is 56.7 Å². The van der Waals surface area contributed by atoms with Crippen LogP contribution >= 0.6 is 0 Å². The van der Waals surface area contributed by atoms with Gasteiger partial charge in [-0.05, 0) is 49.9 Å². The van der Waals surface area contributed by atoms with E-state index in [-0.39, 0.29) is 17.6 Å². The molecule has 2 atom stereocenters. The highest BCUT2D eigenvalue weighted by Crippen LogP contribution is 2.38. The van der Waals surface area contributed by atoms with Crippen LogP contribution in [0.1, 0.15) is 61.8 Å². The molecule has 3 aromatic rings. The van der Waals surface area contributed by atoms with Crippen LogP contribution < -0.4 is 10.6 Å². The Morgan fingerprint density at radius 1 is 1.19 bits per heavy atom. The smallest absolute Gasteiger partial charge is 0.317 e. The van der Waals surface area contributed by atoms with Crippen LogP contribution in [0.5, 0.6) is 0 Å². The number of halogens is 3. The van der Waals surface area contributed by atoms with Gasteiger partial charge >= 0.3 is 6.03 Å². The van der Waals surface area contributed by atoms with Crippen molar-refractivity contribution in [1.29, 1.82) is 0 Å². The number of nitrogens with zero attached hydrogens (tertiary/aromatic N) is 2. The predicted molar refractivity (Wildman–Crippen MR) is 136 cm³/mol. The first-order chi connectivity index (χ1) is 17.8. The molecular weight excluding hydrogens is 481 g/mol. The van der Waals surface area contributed by atoms with Gasteiger partial charge in [-0.1, -0.05) is 24.3 Å². The van der Waals surface area contributed by atoms with Crippen molar-refractivity contribution in [3.8, 4) is 0 Å². The Morgan fingerprint density at radius 3 is 2.68 bits per heavy atom. The fourth-order valence-corrected chi connectivity index (χ4v) is 5.23. The van der Waals surface area contributed by atoms with E-state index in [1.165, 1.54) is 12.1 Å². The third-order valence-electron chi connectivity index (χ3n) is 7.74. The molecule has 0 bridgehead atoms. The zero-order valence-corrected chi connectivity index (χ0v) is 20.9. The zero-order valence-electron chi connectivity index (χ0n) is 20.9. The van der Waals surface area contributed by atoms with Gasteiger partial charge in [0.2, 0.25) is 0 Å². The van der Waals surface area contributed by atoms with Crippen LogP contribution in [0.4, 0.5) is 23.7 Å². The van der Waals surface area contributed by atoms with Crippen LogP contribution in [0, 0.1) is 5.82 Å². The second kappa shape index (κ2) is 10.2. The quantitative estimate of drug-likeness (QED) is 0.390. The van der Waals surface area contributed by atoms with E-state index >= 15 is 0 Å². The highest BCUT2D eigenvalue weighted by molar-refractivity contribution is 5.92. The molecular formula is C28H31F3N4O2. The number of aromatic nitrogens is 1. The van der Waals surface area contributed by atoms with Crippen molar-refractivity contribution in [2.75, 3.05) is 25.5 Å². The first-order valence-corrected chi connectivity index (χ1v) is 12.6. The highest BCUT2D eigenvalue weighted by Gasteiger charge is 2.42. The molecule has 9 heteroatoms. The normalized spacial score (nSPS) is 20.8. The number of hydrogen-bond acceptors (Lipinski definition) is 4. The van der Waals surface area contributed by atoms with Crippen molar-refractivity contribution in [3.63, 3.8) is 0 Å². The highest BCUT2D eigenvalue weighted by atomic mass is 19.3. The molecule has 1 aromatic heterocycles. The number of fused-ring (bicyclic) bond motifs is 1. The number of amides is 2. The van der Waals surface area contributed by atoms with Crippen molar-refractivity contribution < 1.29 is 22.7 Å². The SMILES string of the molecule is CO[C@]1(c2ccc3nccc(N[C@H](C)c4cccc(C(F)F)c4F)c3c2)CCN(C(=O)NC2CCC2)C1. The number of carbonyl (C=O) groups excluding carboxylic acids is 1. The second-order valence-electron chi connectivity index (χ2n) is 9.95. The zero-order chi connectivity index (χ0) is 26.2. The topological polar surface area (TPSA) is 66.5 Å². The van der Waals surface area contributed by atoms with E-state index in [1.54, 1.807) is 31.2 Å². The maximum Gasteiger partial charge on any atom is 0.317 e. The van der Waals surface area contributed by atoms with E-state index in [9.17, 15) is 18.0 Å². The molecule has 2 aliphatic rings. The molecule has 2 heterocycles. The summed E-state index contributed by atoms with van der Waals surface area (Å²) in [4.78, 5) is 19.0. The predicted octanol–water partition coefficient (Wildman–Crippen LogP) is 6.29. The summed E-state index contributed by atoms with van der Waals surface area (Å²) >= 11 is 0. The Kier molecular flexibility index (Phi) is 6.98. The maximum atomic E-state index is 14.8. The van der Waals surface area contributed by atoms with Gasteiger partial charge in [-0.2, -0.15) is 0 Å². The van der Waals surface area contributed by atoms with E-state index in [4.69, 9.17) is 4.74 Å². The average molecular weight is 513 g/mol. The van der Waals surface area contributed by atoms with Crippen LogP contribution in [0.3, 0.4) is 0 Å². The van der Waals surface area contributed by atoms with Gasteiger partial charge in [0.05, 0.1) is 23.7 Å². The Labute approximate surface area is 214 Å². The number of carbonyl (C=O) groups is 1. The van der Waals surface area contributed by atoms with Crippen LogP contribution in [0.15, 0.2) is 48.7 Å². The molecule has 6 nitrogen and oxygen atoms in total. The molecule has 5 rings (SSSR count). The standard InChI is InChI=1S/C28H31F3N4O2/c1-17(20-7-4-8-21(25(20)29)26(30)31)33-24-11-13-32-23-10-9-18(15-22(23)24)28(37-2)12-14-35(16-28)27(36)34-19-5-3-6-19/h4,7-11,13,15,17,19,26H,3,5-6,12,14,16H2,1-2H3,(H,32,33)(H,34,36)/t17-,28-/m1/s1. The molecule has 0 spiro atoms. The largest absolute Gasteiger partial charge is 0.378 e. The van der Waals surface area contributed by atoms with Gasteiger partial charge in [-0.15, -0.1) is 0 Å². The first kappa shape index (κ1) is 25.3. The summed E-state index contributed by atoms with van der Waals surface area (Å²) in [5.41, 5.74) is 1.23. The number of hydrogen-bond donors (Lipinski definition) is 2. The second-order valence-corrected chi connectivity index (χ2v) is 9.95. The van der Waals surface area contributed by atoms with Crippen molar-refractivity contribution >= 4 is 22.6 Å². The molecule has 2 fully saturated rings. The fraction of sp³-hybridized carbons (Fsp3) is 0.429. The molecule has 1 aliphatic heterocycles. The molecule has 0 unspecified atom stereocenters. The first-order valence-electron chi connectivity index (χ1n) is 12.6. The van der Waals surface area contributed by atoms with Gasteiger partial charge in [0, 0.05) is 49.0 Å². The van der Waals surface area contributed by atoms with Crippen molar-refractivity contribution in [3.05, 3.63) is 71.2 Å². The number of likely N-dealkylation sites (tertiary alicyclic amines) is 1. The molecule has 1 aliphatic carbocycles. The summed E-state index contributed by atoms with van der Waals surface area (Å²) in [7, 11) is 1.65. The van der Waals surface area contributed by atoms with E-state index in [2.05, 4.69) is 15.6 Å². The molecule has 2 amide bonds. The van der Waals surface area contributed by atoms with E-state index in [0.717, 1.165) is 41.8 Å². The summed E-state index contributed by atoms with van der Waals surface area (Å²) in [5, 5.41) is 7.17. The lowest BCUT2D eigenvalue weighted by molar-refractivity contribution is -0.00324. The van der Waals surface area contributed by atoms with Crippen molar-refractivity contribution in [2.24, 2.45) is 0 Å². The van der Waals surface area contributed by atoms with E-state index in [0.29, 0.717) is 25.2 Å². The van der Waals surface area contributed by atoms with Gasteiger partial charge < -0.3 is 20.3 Å². The third-order valence-corrected chi connectivity index (χ3v) is 7.74. The monoisotopic (exact) mass is 512 g/mol. The molecule has 1 saturated carbocycles. The van der Waals surface area contributed by atoms with Crippen LogP contribution in [-0.2, 0) is 10.3 Å². The fourth-order valence-electron chi connectivity index (χ4n) is 5.23. The number of methoxy groups -OCH3 is 1. The minimum Gasteiger partial charge on any atom is -0.378 e. The summed E-state index contributed by atoms with van der Waals surface area (Å²) in [6.07, 6.45) is 2.62. The minimum absolute atomic E-state index is 0.0599. The van der Waals surface area contributed by atoms with Crippen LogP contribution in [0.25, 0.3) is 10.9 Å². The molecule has 1 saturated heterocycles. The van der Waals surface area contributed by atoms with Crippen LogP contribution in [0.2, 0.25) is 0 Å². The molecule has 37 heavy (non-hydrogen) atoms.